The molecular formula is C21H17F3N2O2. The zero-order chi connectivity index (χ0) is 20.4. The smallest absolute Gasteiger partial charge is 0.171 e. The number of benzene rings is 2. The largest absolute Gasteiger partial charge is 0.370 e. The van der Waals surface area contributed by atoms with Crippen molar-refractivity contribution in [1.82, 2.24) is 0 Å². The lowest BCUT2D eigenvalue weighted by atomic mass is 9.88. The highest BCUT2D eigenvalue weighted by Gasteiger charge is 2.30. The minimum atomic E-state index is -1.20. The van der Waals surface area contributed by atoms with E-state index in [1.54, 1.807) is 18.2 Å². The van der Waals surface area contributed by atoms with E-state index in [2.05, 4.69) is 6.07 Å². The van der Waals surface area contributed by atoms with Gasteiger partial charge in [-0.3, -0.25) is 9.59 Å². The number of ketones is 2. The second-order valence-electron chi connectivity index (χ2n) is 6.77. The zero-order valence-electron chi connectivity index (χ0n) is 15.1. The number of piperidine rings is 1. The van der Waals surface area contributed by atoms with Crippen LogP contribution in [0.2, 0.25) is 0 Å². The normalized spacial score (nSPS) is 14.6. The zero-order valence-corrected chi connectivity index (χ0v) is 15.1. The lowest BCUT2D eigenvalue weighted by Gasteiger charge is -2.33. The molecule has 1 aliphatic rings. The van der Waals surface area contributed by atoms with Crippen molar-refractivity contribution in [3.05, 3.63) is 64.5 Å². The molecule has 0 aromatic heterocycles. The molecule has 2 aromatic carbocycles. The van der Waals surface area contributed by atoms with E-state index in [1.807, 2.05) is 4.90 Å². The van der Waals surface area contributed by atoms with Crippen molar-refractivity contribution in [2.45, 2.75) is 19.8 Å². The highest BCUT2D eigenvalue weighted by atomic mass is 19.1. The number of rotatable bonds is 4. The van der Waals surface area contributed by atoms with E-state index in [4.69, 9.17) is 0 Å². The van der Waals surface area contributed by atoms with Crippen LogP contribution in [-0.2, 0) is 0 Å². The molecule has 0 aliphatic carbocycles. The van der Waals surface area contributed by atoms with Crippen molar-refractivity contribution in [3.63, 3.8) is 0 Å². The number of carbonyl (C=O) groups is 2. The number of nitrogens with zero attached hydrogens (tertiary/aromatic N) is 2. The fourth-order valence-electron chi connectivity index (χ4n) is 3.47. The van der Waals surface area contributed by atoms with Crippen LogP contribution in [0.15, 0.2) is 30.3 Å². The lowest BCUT2D eigenvalue weighted by Crippen LogP contribution is -2.37. The van der Waals surface area contributed by atoms with Crippen LogP contribution in [0.4, 0.5) is 18.9 Å². The molecule has 0 amide bonds. The maximum Gasteiger partial charge on any atom is 0.171 e. The van der Waals surface area contributed by atoms with E-state index in [0.29, 0.717) is 54.9 Å². The number of anilines is 1. The van der Waals surface area contributed by atoms with Crippen molar-refractivity contribution in [3.8, 4) is 6.07 Å². The van der Waals surface area contributed by atoms with Crippen molar-refractivity contribution in [2.75, 3.05) is 18.0 Å². The number of hydrogen-bond acceptors (Lipinski definition) is 4. The Morgan fingerprint density at radius 3 is 2.21 bits per heavy atom. The molecule has 0 atom stereocenters. The molecule has 0 bridgehead atoms. The van der Waals surface area contributed by atoms with Crippen molar-refractivity contribution < 1.29 is 22.8 Å². The third-order valence-electron chi connectivity index (χ3n) is 4.98. The summed E-state index contributed by atoms with van der Waals surface area (Å²) in [6.07, 6.45) is 0.647. The first-order valence-corrected chi connectivity index (χ1v) is 8.80. The second-order valence-corrected chi connectivity index (χ2v) is 6.77. The Morgan fingerprint density at radius 1 is 1.07 bits per heavy atom. The number of hydrogen-bond donors (Lipinski definition) is 0. The van der Waals surface area contributed by atoms with Gasteiger partial charge in [0.2, 0.25) is 0 Å². The third-order valence-corrected chi connectivity index (χ3v) is 4.98. The first-order valence-electron chi connectivity index (χ1n) is 8.80. The lowest BCUT2D eigenvalue weighted by molar-refractivity contribution is 0.0891. The predicted molar refractivity (Wildman–Crippen MR) is 96.7 cm³/mol. The Labute approximate surface area is 160 Å². The van der Waals surface area contributed by atoms with Crippen LogP contribution in [-0.4, -0.2) is 24.7 Å². The summed E-state index contributed by atoms with van der Waals surface area (Å²) in [5.41, 5.74) is 0.768. The number of halogens is 3. The SMILES string of the molecule is CC(=O)c1ccc(C#N)c(N2CCC(C(=O)c3c(F)cc(F)cc3F)CC2)c1. The van der Waals surface area contributed by atoms with E-state index in [9.17, 15) is 28.0 Å². The van der Waals surface area contributed by atoms with Gasteiger partial charge in [-0.05, 0) is 38.0 Å². The summed E-state index contributed by atoms with van der Waals surface area (Å²) in [6, 6.07) is 7.88. The second kappa shape index (κ2) is 7.85. The van der Waals surface area contributed by atoms with Gasteiger partial charge >= 0.3 is 0 Å². The average molecular weight is 386 g/mol. The van der Waals surface area contributed by atoms with Crippen LogP contribution in [0.1, 0.15) is 46.0 Å². The molecule has 3 rings (SSSR count). The van der Waals surface area contributed by atoms with Crippen molar-refractivity contribution in [2.24, 2.45) is 5.92 Å². The van der Waals surface area contributed by atoms with Crippen LogP contribution in [0.5, 0.6) is 0 Å². The Morgan fingerprint density at radius 2 is 1.68 bits per heavy atom. The molecule has 1 heterocycles. The van der Waals surface area contributed by atoms with Gasteiger partial charge in [-0.2, -0.15) is 5.26 Å². The molecule has 0 N–H and O–H groups in total. The van der Waals surface area contributed by atoms with Crippen LogP contribution in [0.3, 0.4) is 0 Å². The highest BCUT2D eigenvalue weighted by Crippen LogP contribution is 2.30. The molecule has 1 aliphatic heterocycles. The van der Waals surface area contributed by atoms with Crippen LogP contribution in [0, 0.1) is 34.7 Å². The summed E-state index contributed by atoms with van der Waals surface area (Å²) in [7, 11) is 0. The van der Waals surface area contributed by atoms with Gasteiger partial charge in [-0.25, -0.2) is 13.2 Å². The third kappa shape index (κ3) is 3.77. The van der Waals surface area contributed by atoms with Crippen LogP contribution < -0.4 is 4.90 Å². The van der Waals surface area contributed by atoms with Gasteiger partial charge < -0.3 is 4.90 Å². The molecule has 144 valence electrons. The Hall–Kier alpha value is -3.14. The minimum absolute atomic E-state index is 0.127. The van der Waals surface area contributed by atoms with Gasteiger partial charge in [0.1, 0.15) is 23.5 Å². The summed E-state index contributed by atoms with van der Waals surface area (Å²) in [4.78, 5) is 26.0. The summed E-state index contributed by atoms with van der Waals surface area (Å²) >= 11 is 0. The average Bonchev–Trinajstić information content (AvgIpc) is 2.66. The summed E-state index contributed by atoms with van der Waals surface area (Å²) < 4.78 is 40.9. The van der Waals surface area contributed by atoms with Gasteiger partial charge in [0.25, 0.3) is 0 Å². The van der Waals surface area contributed by atoms with Gasteiger partial charge in [0.05, 0.1) is 16.8 Å². The predicted octanol–water partition coefficient (Wildman–Crippen LogP) is 4.28. The summed E-state index contributed by atoms with van der Waals surface area (Å²) in [6.45, 7) is 2.20. The fraction of sp³-hybridized carbons (Fsp3) is 0.286. The monoisotopic (exact) mass is 386 g/mol. The van der Waals surface area contributed by atoms with Gasteiger partial charge in [0.15, 0.2) is 11.6 Å². The molecule has 0 saturated carbocycles. The molecule has 28 heavy (non-hydrogen) atoms. The summed E-state index contributed by atoms with van der Waals surface area (Å²) in [5.74, 6) is -4.90. The number of nitriles is 1. The first-order chi connectivity index (χ1) is 13.3. The van der Waals surface area contributed by atoms with E-state index < -0.39 is 34.7 Å². The van der Waals surface area contributed by atoms with Crippen LogP contribution in [0.25, 0.3) is 0 Å². The van der Waals surface area contributed by atoms with Crippen molar-refractivity contribution >= 4 is 17.3 Å². The minimum Gasteiger partial charge on any atom is -0.370 e. The molecule has 4 nitrogen and oxygen atoms in total. The molecule has 2 aromatic rings. The number of carbonyl (C=O) groups excluding carboxylic acids is 2. The Bertz CT molecular complexity index is 967. The molecule has 1 saturated heterocycles. The van der Waals surface area contributed by atoms with Gasteiger partial charge in [-0.15, -0.1) is 0 Å². The molecule has 0 spiro atoms. The Balaban J connectivity index is 1.79. The maximum absolute atomic E-state index is 13.9. The Kier molecular flexibility index (Phi) is 5.50. The van der Waals surface area contributed by atoms with Crippen molar-refractivity contribution in [1.29, 1.82) is 5.26 Å². The van der Waals surface area contributed by atoms with E-state index in [1.165, 1.54) is 6.92 Å². The standard InChI is InChI=1S/C21H17F3N2O2/c1-12(27)14-2-3-15(11-25)19(8-14)26-6-4-13(5-7-26)21(28)20-17(23)9-16(22)10-18(20)24/h2-3,8-10,13H,4-7H2,1H3. The molecule has 1 fully saturated rings. The topological polar surface area (TPSA) is 61.2 Å². The maximum atomic E-state index is 13.9. The van der Waals surface area contributed by atoms with Gasteiger partial charge in [0, 0.05) is 36.7 Å². The summed E-state index contributed by atoms with van der Waals surface area (Å²) in [5, 5.41) is 9.32. The number of Topliss-reactive ketones (excluding diaryl/α,β-unsaturated/α-hetero) is 2. The van der Waals surface area contributed by atoms with E-state index in [0.717, 1.165) is 0 Å². The van der Waals surface area contributed by atoms with E-state index in [-0.39, 0.29) is 5.78 Å². The first kappa shape index (κ1) is 19.6. The quantitative estimate of drug-likeness (QED) is 0.736. The van der Waals surface area contributed by atoms with Gasteiger partial charge in [-0.1, -0.05) is 0 Å². The molecular weight excluding hydrogens is 369 g/mol. The van der Waals surface area contributed by atoms with E-state index >= 15 is 0 Å². The van der Waals surface area contributed by atoms with Crippen LogP contribution >= 0.6 is 0 Å². The molecule has 7 heteroatoms. The molecule has 0 radical (unpaired) electrons. The fourth-order valence-corrected chi connectivity index (χ4v) is 3.47. The molecule has 0 unspecified atom stereocenters. The highest BCUT2D eigenvalue weighted by molar-refractivity contribution is 5.98.